The third kappa shape index (κ3) is 3.70. The lowest BCUT2D eigenvalue weighted by molar-refractivity contribution is 0.190. The monoisotopic (exact) mass is 264 g/mol. The van der Waals surface area contributed by atoms with Crippen molar-refractivity contribution in [3.05, 3.63) is 6.07 Å². The van der Waals surface area contributed by atoms with Gasteiger partial charge in [0.15, 0.2) is 0 Å². The highest BCUT2D eigenvalue weighted by molar-refractivity contribution is 5.51. The van der Waals surface area contributed by atoms with E-state index in [9.17, 15) is 0 Å². The van der Waals surface area contributed by atoms with Crippen LogP contribution in [0.25, 0.3) is 0 Å². The second-order valence-electron chi connectivity index (χ2n) is 5.22. The maximum absolute atomic E-state index is 5.73. The molecule has 6 heteroatoms. The van der Waals surface area contributed by atoms with Crippen LogP contribution >= 0.6 is 0 Å². The third-order valence-corrected chi connectivity index (χ3v) is 3.66. The summed E-state index contributed by atoms with van der Waals surface area (Å²) in [6.45, 7) is 6.22. The number of nitrogens with two attached hydrogens (primary N) is 1. The Morgan fingerprint density at radius 1 is 1.42 bits per heavy atom. The van der Waals surface area contributed by atoms with E-state index in [2.05, 4.69) is 39.5 Å². The van der Waals surface area contributed by atoms with Crippen LogP contribution in [0.3, 0.4) is 0 Å². The van der Waals surface area contributed by atoms with Crippen molar-refractivity contribution in [3.63, 3.8) is 0 Å². The maximum Gasteiger partial charge on any atom is 0.223 e. The Morgan fingerprint density at radius 3 is 2.84 bits per heavy atom. The summed E-state index contributed by atoms with van der Waals surface area (Å²) in [5.41, 5.74) is 5.73. The van der Waals surface area contributed by atoms with E-state index in [1.165, 1.54) is 0 Å². The molecule has 0 radical (unpaired) electrons. The number of anilines is 3. The molecule has 0 spiro atoms. The van der Waals surface area contributed by atoms with Gasteiger partial charge in [0, 0.05) is 31.2 Å². The van der Waals surface area contributed by atoms with E-state index < -0.39 is 0 Å². The minimum atomic E-state index is 0.307. The average Bonchev–Trinajstić information content (AvgIpc) is 2.33. The molecule has 6 nitrogen and oxygen atoms in total. The predicted molar refractivity (Wildman–Crippen MR) is 79.3 cm³/mol. The molecule has 2 unspecified atom stereocenters. The standard InChI is InChI=1S/C13H24N6/c1-4-15-11-8-12(18-13(14)17-11)16-10-5-6-19(3)9(2)7-10/h8-10H,4-7H2,1-3H3,(H4,14,15,16,17,18). The summed E-state index contributed by atoms with van der Waals surface area (Å²) in [6.07, 6.45) is 2.25. The number of piperidine rings is 1. The number of hydrogen-bond donors (Lipinski definition) is 3. The summed E-state index contributed by atoms with van der Waals surface area (Å²) < 4.78 is 0. The average molecular weight is 264 g/mol. The SMILES string of the molecule is CCNc1cc(NC2CCN(C)C(C)C2)nc(N)n1. The van der Waals surface area contributed by atoms with E-state index in [0.29, 0.717) is 18.0 Å². The van der Waals surface area contributed by atoms with Gasteiger partial charge in [0.1, 0.15) is 11.6 Å². The molecule has 1 fully saturated rings. The van der Waals surface area contributed by atoms with E-state index in [-0.39, 0.29) is 0 Å². The Balaban J connectivity index is 2.02. The van der Waals surface area contributed by atoms with Crippen LogP contribution in [0.1, 0.15) is 26.7 Å². The third-order valence-electron chi connectivity index (χ3n) is 3.66. The minimum absolute atomic E-state index is 0.307. The lowest BCUT2D eigenvalue weighted by Crippen LogP contribution is -2.42. The van der Waals surface area contributed by atoms with Gasteiger partial charge in [0.2, 0.25) is 5.95 Å². The zero-order chi connectivity index (χ0) is 13.8. The van der Waals surface area contributed by atoms with E-state index in [4.69, 9.17) is 5.73 Å². The summed E-state index contributed by atoms with van der Waals surface area (Å²) in [5.74, 6) is 1.89. The van der Waals surface area contributed by atoms with Gasteiger partial charge in [-0.2, -0.15) is 9.97 Å². The summed E-state index contributed by atoms with van der Waals surface area (Å²) in [5, 5.41) is 6.64. The molecular formula is C13H24N6. The van der Waals surface area contributed by atoms with Crippen molar-refractivity contribution in [2.24, 2.45) is 0 Å². The van der Waals surface area contributed by atoms with Crippen LogP contribution in [0.15, 0.2) is 6.07 Å². The number of likely N-dealkylation sites (tertiary alicyclic amines) is 1. The highest BCUT2D eigenvalue weighted by Gasteiger charge is 2.22. The van der Waals surface area contributed by atoms with Crippen molar-refractivity contribution in [1.82, 2.24) is 14.9 Å². The Labute approximate surface area is 114 Å². The van der Waals surface area contributed by atoms with Gasteiger partial charge in [-0.25, -0.2) is 0 Å². The molecule has 2 rings (SSSR count). The fraction of sp³-hybridized carbons (Fsp3) is 0.692. The van der Waals surface area contributed by atoms with Crippen molar-refractivity contribution in [2.45, 2.75) is 38.8 Å². The Kier molecular flexibility index (Phi) is 4.42. The molecule has 0 bridgehead atoms. The quantitative estimate of drug-likeness (QED) is 0.762. The van der Waals surface area contributed by atoms with Gasteiger partial charge in [0.05, 0.1) is 0 Å². The molecule has 0 aromatic carbocycles. The Hall–Kier alpha value is -1.56. The minimum Gasteiger partial charge on any atom is -0.370 e. The predicted octanol–water partition coefficient (Wildman–Crippen LogP) is 1.39. The van der Waals surface area contributed by atoms with Gasteiger partial charge in [0.25, 0.3) is 0 Å². The van der Waals surface area contributed by atoms with Crippen molar-refractivity contribution in [3.8, 4) is 0 Å². The van der Waals surface area contributed by atoms with Crippen LogP contribution in [0.5, 0.6) is 0 Å². The zero-order valence-corrected chi connectivity index (χ0v) is 12.0. The lowest BCUT2D eigenvalue weighted by Gasteiger charge is -2.35. The van der Waals surface area contributed by atoms with Gasteiger partial charge in [-0.05, 0) is 33.7 Å². The van der Waals surface area contributed by atoms with Gasteiger partial charge in [-0.1, -0.05) is 0 Å². The van der Waals surface area contributed by atoms with Gasteiger partial charge in [-0.15, -0.1) is 0 Å². The molecule has 0 aliphatic carbocycles. The number of rotatable bonds is 4. The number of nitrogens with zero attached hydrogens (tertiary/aromatic N) is 3. The van der Waals surface area contributed by atoms with Crippen LogP contribution in [0.2, 0.25) is 0 Å². The molecule has 1 aliphatic rings. The summed E-state index contributed by atoms with van der Waals surface area (Å²) >= 11 is 0. The molecule has 1 saturated heterocycles. The first kappa shape index (κ1) is 13.9. The van der Waals surface area contributed by atoms with Gasteiger partial charge < -0.3 is 21.3 Å². The van der Waals surface area contributed by atoms with Crippen molar-refractivity contribution in [2.75, 3.05) is 36.5 Å². The van der Waals surface area contributed by atoms with E-state index in [1.54, 1.807) is 0 Å². The normalized spacial score (nSPS) is 24.2. The summed E-state index contributed by atoms with van der Waals surface area (Å²) in [4.78, 5) is 10.8. The Morgan fingerprint density at radius 2 is 2.16 bits per heavy atom. The van der Waals surface area contributed by atoms with Crippen LogP contribution in [0, 0.1) is 0 Å². The highest BCUT2D eigenvalue weighted by atomic mass is 15.2. The number of nitrogen functional groups attached to an aromatic ring is 1. The number of aromatic nitrogens is 2. The molecule has 0 amide bonds. The first-order valence-corrected chi connectivity index (χ1v) is 6.93. The molecule has 2 heterocycles. The molecule has 19 heavy (non-hydrogen) atoms. The van der Waals surface area contributed by atoms with Crippen LogP contribution in [-0.2, 0) is 0 Å². The largest absolute Gasteiger partial charge is 0.370 e. The van der Waals surface area contributed by atoms with Crippen LogP contribution in [0.4, 0.5) is 17.6 Å². The molecule has 1 aromatic heterocycles. The molecule has 4 N–H and O–H groups in total. The molecule has 2 atom stereocenters. The lowest BCUT2D eigenvalue weighted by atomic mass is 9.99. The first-order chi connectivity index (χ1) is 9.08. The maximum atomic E-state index is 5.73. The van der Waals surface area contributed by atoms with Crippen molar-refractivity contribution in [1.29, 1.82) is 0 Å². The molecule has 1 aromatic rings. The molecular weight excluding hydrogens is 240 g/mol. The molecule has 0 saturated carbocycles. The van der Waals surface area contributed by atoms with Crippen molar-refractivity contribution < 1.29 is 0 Å². The first-order valence-electron chi connectivity index (χ1n) is 6.93. The zero-order valence-electron chi connectivity index (χ0n) is 12.0. The number of hydrogen-bond acceptors (Lipinski definition) is 6. The second-order valence-corrected chi connectivity index (χ2v) is 5.22. The smallest absolute Gasteiger partial charge is 0.223 e. The fourth-order valence-corrected chi connectivity index (χ4v) is 2.44. The van der Waals surface area contributed by atoms with Crippen LogP contribution in [-0.4, -0.2) is 47.1 Å². The molecule has 1 aliphatic heterocycles. The summed E-state index contributed by atoms with van der Waals surface area (Å²) in [7, 11) is 2.17. The van der Waals surface area contributed by atoms with Crippen LogP contribution < -0.4 is 16.4 Å². The second kappa shape index (κ2) is 6.06. The van der Waals surface area contributed by atoms with Crippen molar-refractivity contribution >= 4 is 17.6 Å². The fourth-order valence-electron chi connectivity index (χ4n) is 2.44. The van der Waals surface area contributed by atoms with Gasteiger partial charge >= 0.3 is 0 Å². The summed E-state index contributed by atoms with van der Waals surface area (Å²) in [6, 6.07) is 2.97. The Bertz CT molecular complexity index is 422. The topological polar surface area (TPSA) is 79.1 Å². The number of nitrogens with one attached hydrogen (secondary N) is 2. The van der Waals surface area contributed by atoms with Gasteiger partial charge in [-0.3, -0.25) is 0 Å². The van der Waals surface area contributed by atoms with E-state index in [1.807, 2.05) is 13.0 Å². The van der Waals surface area contributed by atoms with E-state index >= 15 is 0 Å². The van der Waals surface area contributed by atoms with E-state index in [0.717, 1.165) is 37.6 Å². The molecule has 106 valence electrons. The highest BCUT2D eigenvalue weighted by Crippen LogP contribution is 2.20.